The van der Waals surface area contributed by atoms with Crippen LogP contribution in [0.3, 0.4) is 0 Å². The number of para-hydroxylation sites is 2. The van der Waals surface area contributed by atoms with Crippen LogP contribution in [0.4, 0.5) is 5.95 Å². The van der Waals surface area contributed by atoms with Crippen molar-refractivity contribution >= 4 is 39.1 Å². The van der Waals surface area contributed by atoms with Gasteiger partial charge < -0.3 is 9.47 Å². The van der Waals surface area contributed by atoms with E-state index in [0.29, 0.717) is 0 Å². The van der Waals surface area contributed by atoms with Gasteiger partial charge in [-0.3, -0.25) is 0 Å². The fourth-order valence-corrected chi connectivity index (χ4v) is 3.75. The highest BCUT2D eigenvalue weighted by Crippen LogP contribution is 2.22. The van der Waals surface area contributed by atoms with Crippen LogP contribution in [0.25, 0.3) is 11.0 Å². The van der Waals surface area contributed by atoms with Gasteiger partial charge in [-0.25, -0.2) is 9.98 Å². The Morgan fingerprint density at radius 1 is 0.962 bits per heavy atom. The molecule has 2 aromatic carbocycles. The van der Waals surface area contributed by atoms with Gasteiger partial charge in [-0.05, 0) is 55.8 Å². The fourth-order valence-electron chi connectivity index (χ4n) is 3.49. The summed E-state index contributed by atoms with van der Waals surface area (Å²) in [7, 11) is 0. The van der Waals surface area contributed by atoms with Crippen molar-refractivity contribution < 1.29 is 0 Å². The summed E-state index contributed by atoms with van der Waals surface area (Å²) >= 11 is 3.47. The number of aliphatic imine (C=N–C) groups is 1. The maximum atomic E-state index is 4.75. The van der Waals surface area contributed by atoms with Crippen LogP contribution >= 0.6 is 15.9 Å². The minimum Gasteiger partial charge on any atom is -0.307 e. The third kappa shape index (κ3) is 4.05. The third-order valence-electron chi connectivity index (χ3n) is 4.92. The molecule has 1 saturated heterocycles. The number of aromatic nitrogens is 2. The van der Waals surface area contributed by atoms with Crippen molar-refractivity contribution in [1.82, 2.24) is 14.5 Å². The maximum absolute atomic E-state index is 4.75. The highest BCUT2D eigenvalue weighted by molar-refractivity contribution is 9.10. The Morgan fingerprint density at radius 3 is 2.54 bits per heavy atom. The van der Waals surface area contributed by atoms with Crippen molar-refractivity contribution in [1.29, 1.82) is 0 Å². The Balaban J connectivity index is 1.59. The molecule has 0 amide bonds. The first-order chi connectivity index (χ1) is 12.8. The predicted molar refractivity (Wildman–Crippen MR) is 111 cm³/mol. The van der Waals surface area contributed by atoms with E-state index in [4.69, 9.17) is 9.98 Å². The lowest BCUT2D eigenvalue weighted by molar-refractivity contribution is 0.222. The van der Waals surface area contributed by atoms with Crippen LogP contribution < -0.4 is 0 Å². The van der Waals surface area contributed by atoms with Crippen LogP contribution in [-0.4, -0.2) is 40.3 Å². The number of hydrogen-bond donors (Lipinski definition) is 0. The summed E-state index contributed by atoms with van der Waals surface area (Å²) in [4.78, 5) is 12.0. The molecule has 0 saturated carbocycles. The van der Waals surface area contributed by atoms with Crippen molar-refractivity contribution in [3.63, 3.8) is 0 Å². The highest BCUT2D eigenvalue weighted by atomic mass is 79.9. The van der Waals surface area contributed by atoms with E-state index in [1.807, 2.05) is 36.5 Å². The molecule has 0 aliphatic carbocycles. The summed E-state index contributed by atoms with van der Waals surface area (Å²) < 4.78 is 3.32. The molecule has 0 radical (unpaired) electrons. The molecule has 0 atom stereocenters. The lowest BCUT2D eigenvalue weighted by Gasteiger charge is -2.26. The first-order valence-corrected chi connectivity index (χ1v) is 10.1. The van der Waals surface area contributed by atoms with Crippen LogP contribution in [0.15, 0.2) is 58.0 Å². The average Bonchev–Trinajstić information content (AvgIpc) is 3.04. The van der Waals surface area contributed by atoms with Crippen LogP contribution in [-0.2, 0) is 6.54 Å². The van der Waals surface area contributed by atoms with E-state index >= 15 is 0 Å². The van der Waals surface area contributed by atoms with Crippen LogP contribution in [0.1, 0.15) is 24.8 Å². The molecule has 134 valence electrons. The number of hydrogen-bond acceptors (Lipinski definition) is 3. The van der Waals surface area contributed by atoms with E-state index in [2.05, 4.69) is 43.6 Å². The second-order valence-electron chi connectivity index (χ2n) is 6.76. The van der Waals surface area contributed by atoms with Crippen LogP contribution in [0, 0.1) is 0 Å². The van der Waals surface area contributed by atoms with E-state index in [-0.39, 0.29) is 0 Å². The molecule has 4 nitrogen and oxygen atoms in total. The molecule has 4 rings (SSSR count). The minimum absolute atomic E-state index is 0.783. The van der Waals surface area contributed by atoms with E-state index in [1.165, 1.54) is 32.4 Å². The molecule has 0 bridgehead atoms. The zero-order valence-corrected chi connectivity index (χ0v) is 16.4. The Labute approximate surface area is 162 Å². The summed E-state index contributed by atoms with van der Waals surface area (Å²) in [5.74, 6) is 0.783. The predicted octanol–water partition coefficient (Wildman–Crippen LogP) is 5.04. The minimum atomic E-state index is 0.783. The molecule has 0 spiro atoms. The number of piperidine rings is 1. The summed E-state index contributed by atoms with van der Waals surface area (Å²) in [5.41, 5.74) is 3.24. The number of rotatable bonds is 5. The highest BCUT2D eigenvalue weighted by Gasteiger charge is 2.13. The zero-order chi connectivity index (χ0) is 17.8. The summed E-state index contributed by atoms with van der Waals surface area (Å²) in [6, 6.07) is 16.5. The number of nitrogens with zero attached hydrogens (tertiary/aromatic N) is 4. The van der Waals surface area contributed by atoms with Gasteiger partial charge >= 0.3 is 0 Å². The number of benzene rings is 2. The normalized spacial score (nSPS) is 15.9. The fraction of sp³-hybridized carbons (Fsp3) is 0.333. The number of fused-ring (bicyclic) bond motifs is 1. The Morgan fingerprint density at radius 2 is 1.73 bits per heavy atom. The molecule has 26 heavy (non-hydrogen) atoms. The Hall–Kier alpha value is -1.98. The van der Waals surface area contributed by atoms with Crippen molar-refractivity contribution in [3.05, 3.63) is 58.6 Å². The second-order valence-corrected chi connectivity index (χ2v) is 7.68. The van der Waals surface area contributed by atoms with Gasteiger partial charge in [0.05, 0.1) is 11.0 Å². The summed E-state index contributed by atoms with van der Waals surface area (Å²) in [5, 5.41) is 0. The molecule has 1 aliphatic heterocycles. The van der Waals surface area contributed by atoms with Crippen LogP contribution in [0.2, 0.25) is 0 Å². The van der Waals surface area contributed by atoms with E-state index in [1.54, 1.807) is 0 Å². The lowest BCUT2D eigenvalue weighted by Crippen LogP contribution is -2.32. The van der Waals surface area contributed by atoms with Gasteiger partial charge in [-0.2, -0.15) is 0 Å². The standard InChI is InChI=1S/C21H23BrN4/c22-18-10-8-17(9-11-18)16-23-21-24-19-6-2-3-7-20(19)26(21)15-14-25-12-4-1-5-13-25/h2-3,6-11,16H,1,4-5,12-15H2/b23-16+. The average molecular weight is 411 g/mol. The smallest absolute Gasteiger partial charge is 0.230 e. The quantitative estimate of drug-likeness (QED) is 0.552. The van der Waals surface area contributed by atoms with E-state index < -0.39 is 0 Å². The molecular weight excluding hydrogens is 388 g/mol. The van der Waals surface area contributed by atoms with E-state index in [0.717, 1.165) is 40.1 Å². The molecular formula is C21H23BrN4. The molecule has 1 fully saturated rings. The maximum Gasteiger partial charge on any atom is 0.230 e. The number of halogens is 1. The monoisotopic (exact) mass is 410 g/mol. The Kier molecular flexibility index (Phi) is 5.46. The summed E-state index contributed by atoms with van der Waals surface area (Å²) in [6.45, 7) is 4.41. The van der Waals surface area contributed by atoms with E-state index in [9.17, 15) is 0 Å². The topological polar surface area (TPSA) is 33.4 Å². The summed E-state index contributed by atoms with van der Waals surface area (Å²) in [6.07, 6.45) is 5.90. The van der Waals surface area contributed by atoms with Gasteiger partial charge in [0.2, 0.25) is 5.95 Å². The van der Waals surface area contributed by atoms with Crippen LogP contribution in [0.5, 0.6) is 0 Å². The second kappa shape index (κ2) is 8.14. The van der Waals surface area contributed by atoms with Crippen molar-refractivity contribution in [2.75, 3.05) is 19.6 Å². The molecule has 5 heteroatoms. The SMILES string of the molecule is Brc1ccc(/C=N/c2nc3ccccc3n2CCN2CCCCC2)cc1. The van der Waals surface area contributed by atoms with Crippen molar-refractivity contribution in [2.24, 2.45) is 4.99 Å². The molecule has 2 heterocycles. The molecule has 0 unspecified atom stereocenters. The first-order valence-electron chi connectivity index (χ1n) is 9.27. The number of imidazole rings is 1. The van der Waals surface area contributed by atoms with Gasteiger partial charge in [0.15, 0.2) is 0 Å². The zero-order valence-electron chi connectivity index (χ0n) is 14.8. The lowest BCUT2D eigenvalue weighted by atomic mass is 10.1. The largest absolute Gasteiger partial charge is 0.307 e. The van der Waals surface area contributed by atoms with Gasteiger partial charge in [-0.1, -0.05) is 46.6 Å². The third-order valence-corrected chi connectivity index (χ3v) is 5.45. The first kappa shape index (κ1) is 17.4. The van der Waals surface area contributed by atoms with Gasteiger partial charge in [0.1, 0.15) is 0 Å². The van der Waals surface area contributed by atoms with Gasteiger partial charge in [0, 0.05) is 23.8 Å². The van der Waals surface area contributed by atoms with Crippen molar-refractivity contribution in [2.45, 2.75) is 25.8 Å². The Bertz CT molecular complexity index is 892. The molecule has 3 aromatic rings. The van der Waals surface area contributed by atoms with Crippen molar-refractivity contribution in [3.8, 4) is 0 Å². The number of likely N-dealkylation sites (tertiary alicyclic amines) is 1. The molecule has 1 aliphatic rings. The van der Waals surface area contributed by atoms with Gasteiger partial charge in [-0.15, -0.1) is 0 Å². The molecule has 0 N–H and O–H groups in total. The molecule has 1 aromatic heterocycles. The van der Waals surface area contributed by atoms with Gasteiger partial charge in [0.25, 0.3) is 0 Å².